The summed E-state index contributed by atoms with van der Waals surface area (Å²) in [5.41, 5.74) is 1.93. The van der Waals surface area contributed by atoms with Crippen LogP contribution in [0.3, 0.4) is 0 Å². The van der Waals surface area contributed by atoms with Crippen molar-refractivity contribution in [1.82, 2.24) is 5.32 Å². The Balaban J connectivity index is 1.93. The van der Waals surface area contributed by atoms with Crippen molar-refractivity contribution >= 4 is 45.2 Å². The SMILES string of the molecule is COC(=O)c1sc(-c2cccc(NC3CCNCC3)c2)c(Br)c1OC(C=O)OC. The molecule has 3 rings (SSSR count). The molecule has 1 unspecified atom stereocenters. The van der Waals surface area contributed by atoms with Crippen molar-refractivity contribution in [3.8, 4) is 16.2 Å². The summed E-state index contributed by atoms with van der Waals surface area (Å²) in [5, 5.41) is 6.93. The van der Waals surface area contributed by atoms with Gasteiger partial charge >= 0.3 is 5.97 Å². The molecule has 7 nitrogen and oxygen atoms in total. The number of anilines is 1. The van der Waals surface area contributed by atoms with Crippen molar-refractivity contribution in [2.24, 2.45) is 0 Å². The molecule has 2 N–H and O–H groups in total. The molecular weight excluding hydrogens is 460 g/mol. The monoisotopic (exact) mass is 482 g/mol. The molecule has 0 spiro atoms. The third-order valence-corrected chi connectivity index (χ3v) is 6.81. The molecule has 1 atom stereocenters. The number of hydrogen-bond acceptors (Lipinski definition) is 8. The number of methoxy groups -OCH3 is 2. The molecule has 29 heavy (non-hydrogen) atoms. The van der Waals surface area contributed by atoms with Crippen LogP contribution in [0.5, 0.6) is 5.75 Å². The fraction of sp³-hybridized carbons (Fsp3) is 0.400. The van der Waals surface area contributed by atoms with E-state index in [2.05, 4.69) is 26.6 Å². The van der Waals surface area contributed by atoms with Crippen LogP contribution in [-0.2, 0) is 14.3 Å². The maximum Gasteiger partial charge on any atom is 0.351 e. The van der Waals surface area contributed by atoms with E-state index >= 15 is 0 Å². The molecule has 0 aliphatic carbocycles. The number of hydrogen-bond donors (Lipinski definition) is 2. The second-order valence-electron chi connectivity index (χ2n) is 6.50. The molecule has 0 amide bonds. The predicted octanol–water partition coefficient (Wildman–Crippen LogP) is 3.68. The van der Waals surface area contributed by atoms with E-state index in [-0.39, 0.29) is 10.6 Å². The number of thiophene rings is 1. The predicted molar refractivity (Wildman–Crippen MR) is 116 cm³/mol. The van der Waals surface area contributed by atoms with E-state index in [1.165, 1.54) is 25.6 Å². The highest BCUT2D eigenvalue weighted by atomic mass is 79.9. The topological polar surface area (TPSA) is 85.9 Å². The highest BCUT2D eigenvalue weighted by Gasteiger charge is 2.27. The average Bonchev–Trinajstić information content (AvgIpc) is 3.08. The highest BCUT2D eigenvalue weighted by molar-refractivity contribution is 9.10. The van der Waals surface area contributed by atoms with E-state index in [0.717, 1.165) is 42.1 Å². The summed E-state index contributed by atoms with van der Waals surface area (Å²) < 4.78 is 16.0. The summed E-state index contributed by atoms with van der Waals surface area (Å²) in [6.07, 6.45) is 1.54. The van der Waals surface area contributed by atoms with Crippen LogP contribution in [0.2, 0.25) is 0 Å². The first-order valence-corrected chi connectivity index (χ1v) is 10.8. The van der Waals surface area contributed by atoms with Crippen molar-refractivity contribution in [2.45, 2.75) is 25.2 Å². The number of carbonyl (C=O) groups excluding carboxylic acids is 2. The molecule has 2 heterocycles. The lowest BCUT2D eigenvalue weighted by Crippen LogP contribution is -2.35. The van der Waals surface area contributed by atoms with Gasteiger partial charge in [0.1, 0.15) is 0 Å². The summed E-state index contributed by atoms with van der Waals surface area (Å²) in [4.78, 5) is 24.4. The summed E-state index contributed by atoms with van der Waals surface area (Å²) >= 11 is 4.76. The first-order valence-electron chi connectivity index (χ1n) is 9.20. The van der Waals surface area contributed by atoms with Crippen molar-refractivity contribution in [3.05, 3.63) is 33.6 Å². The van der Waals surface area contributed by atoms with Crippen LogP contribution in [0, 0.1) is 0 Å². The van der Waals surface area contributed by atoms with Gasteiger partial charge in [0.05, 0.1) is 16.5 Å². The Bertz CT molecular complexity index is 867. The molecule has 1 saturated heterocycles. The van der Waals surface area contributed by atoms with E-state index in [1.54, 1.807) is 0 Å². The smallest absolute Gasteiger partial charge is 0.351 e. The Hall–Kier alpha value is -1.94. The number of esters is 1. The minimum Gasteiger partial charge on any atom is -0.465 e. The van der Waals surface area contributed by atoms with Crippen molar-refractivity contribution in [1.29, 1.82) is 0 Å². The second-order valence-corrected chi connectivity index (χ2v) is 8.32. The molecule has 1 aromatic heterocycles. The fourth-order valence-electron chi connectivity index (χ4n) is 3.11. The average molecular weight is 483 g/mol. The minimum absolute atomic E-state index is 0.229. The van der Waals surface area contributed by atoms with E-state index in [4.69, 9.17) is 14.2 Å². The number of rotatable bonds is 8. The molecule has 0 bridgehead atoms. The molecule has 2 aromatic rings. The highest BCUT2D eigenvalue weighted by Crippen LogP contribution is 2.46. The Morgan fingerprint density at radius 3 is 2.76 bits per heavy atom. The standard InChI is InChI=1S/C20H23BrN2O5S/c1-26-15(11-24)28-17-16(21)18(29-19(17)20(25)27-2)12-4-3-5-14(10-12)23-13-6-8-22-9-7-13/h3-5,10-11,13,15,22-23H,6-9H2,1-2H3. The molecule has 1 aliphatic heterocycles. The minimum atomic E-state index is -1.12. The first kappa shape index (κ1) is 21.8. The van der Waals surface area contributed by atoms with Gasteiger partial charge in [-0.2, -0.15) is 0 Å². The zero-order valence-electron chi connectivity index (χ0n) is 16.2. The third-order valence-electron chi connectivity index (χ3n) is 4.59. The van der Waals surface area contributed by atoms with Gasteiger partial charge < -0.3 is 24.8 Å². The largest absolute Gasteiger partial charge is 0.465 e. The molecule has 0 radical (unpaired) electrons. The lowest BCUT2D eigenvalue weighted by atomic mass is 10.1. The van der Waals surface area contributed by atoms with E-state index in [0.29, 0.717) is 16.8 Å². The quantitative estimate of drug-likeness (QED) is 0.337. The summed E-state index contributed by atoms with van der Waals surface area (Å²) in [6, 6.07) is 8.42. The van der Waals surface area contributed by atoms with Gasteiger partial charge in [-0.3, -0.25) is 4.79 Å². The molecule has 1 aliphatic rings. The first-order chi connectivity index (χ1) is 14.1. The molecule has 9 heteroatoms. The normalized spacial score (nSPS) is 15.6. The maximum absolute atomic E-state index is 12.3. The van der Waals surface area contributed by atoms with Crippen molar-refractivity contribution in [3.63, 3.8) is 0 Å². The third kappa shape index (κ3) is 5.16. The lowest BCUT2D eigenvalue weighted by Gasteiger charge is -2.24. The fourth-order valence-corrected chi connectivity index (χ4v) is 5.05. The summed E-state index contributed by atoms with van der Waals surface area (Å²) in [6.45, 7) is 2.02. The van der Waals surface area contributed by atoms with Gasteiger partial charge in [0.15, 0.2) is 16.9 Å². The molecule has 1 aromatic carbocycles. The Morgan fingerprint density at radius 1 is 1.34 bits per heavy atom. The van der Waals surface area contributed by atoms with Crippen LogP contribution >= 0.6 is 27.3 Å². The Morgan fingerprint density at radius 2 is 2.10 bits per heavy atom. The zero-order valence-corrected chi connectivity index (χ0v) is 18.6. The Kier molecular flexibility index (Phi) is 7.65. The van der Waals surface area contributed by atoms with E-state index in [1.807, 2.05) is 24.3 Å². The number of benzene rings is 1. The lowest BCUT2D eigenvalue weighted by molar-refractivity contribution is -0.132. The van der Waals surface area contributed by atoms with E-state index < -0.39 is 12.3 Å². The molecule has 1 fully saturated rings. The van der Waals surface area contributed by atoms with Gasteiger partial charge in [-0.05, 0) is 59.6 Å². The van der Waals surface area contributed by atoms with E-state index in [9.17, 15) is 9.59 Å². The molecule has 156 valence electrons. The van der Waals surface area contributed by atoms with Crippen molar-refractivity contribution in [2.75, 3.05) is 32.6 Å². The van der Waals surface area contributed by atoms with Crippen molar-refractivity contribution < 1.29 is 23.8 Å². The number of aldehydes is 1. The number of piperidine rings is 1. The summed E-state index contributed by atoms with van der Waals surface area (Å²) in [5.74, 6) is -0.311. The van der Waals surface area contributed by atoms with Crippen LogP contribution in [-0.4, -0.2) is 51.9 Å². The maximum atomic E-state index is 12.3. The van der Waals surface area contributed by atoms with Crippen LogP contribution in [0.1, 0.15) is 22.5 Å². The van der Waals surface area contributed by atoms with Crippen LogP contribution in [0.15, 0.2) is 28.7 Å². The van der Waals surface area contributed by atoms with Gasteiger partial charge in [-0.25, -0.2) is 4.79 Å². The summed E-state index contributed by atoms with van der Waals surface area (Å²) in [7, 11) is 2.66. The van der Waals surface area contributed by atoms with Crippen LogP contribution < -0.4 is 15.4 Å². The van der Waals surface area contributed by atoms with Gasteiger partial charge in [-0.1, -0.05) is 12.1 Å². The molecular formula is C20H23BrN2O5S. The van der Waals surface area contributed by atoms with Gasteiger partial charge in [-0.15, -0.1) is 11.3 Å². The number of carbonyl (C=O) groups is 2. The number of ether oxygens (including phenoxy) is 3. The van der Waals surface area contributed by atoms with Gasteiger partial charge in [0, 0.05) is 18.8 Å². The zero-order chi connectivity index (χ0) is 20.8. The number of halogens is 1. The molecule has 0 saturated carbocycles. The number of nitrogens with one attached hydrogen (secondary N) is 2. The van der Waals surface area contributed by atoms with Gasteiger partial charge in [0.25, 0.3) is 6.29 Å². The van der Waals surface area contributed by atoms with Crippen LogP contribution in [0.4, 0.5) is 5.69 Å². The Labute approximate surface area is 181 Å². The van der Waals surface area contributed by atoms with Crippen LogP contribution in [0.25, 0.3) is 10.4 Å². The van der Waals surface area contributed by atoms with Gasteiger partial charge in [0.2, 0.25) is 0 Å². The second kappa shape index (κ2) is 10.2.